The van der Waals surface area contributed by atoms with Gasteiger partial charge in [-0.1, -0.05) is 44.2 Å². The lowest BCUT2D eigenvalue weighted by atomic mass is 9.89. The number of likely N-dealkylation sites (tertiary alicyclic amines) is 1. The molecule has 3 rings (SSSR count). The van der Waals surface area contributed by atoms with Gasteiger partial charge in [-0.15, -0.1) is 0 Å². The molecule has 1 saturated heterocycles. The summed E-state index contributed by atoms with van der Waals surface area (Å²) in [6.07, 6.45) is -5.05. The van der Waals surface area contributed by atoms with Gasteiger partial charge in [-0.3, -0.25) is 9.59 Å². The zero-order valence-corrected chi connectivity index (χ0v) is 18.9. The molecule has 1 aliphatic heterocycles. The quantitative estimate of drug-likeness (QED) is 0.591. The number of nitrogens with one attached hydrogen (secondary N) is 1. The van der Waals surface area contributed by atoms with Crippen molar-refractivity contribution in [2.75, 3.05) is 13.7 Å². The van der Waals surface area contributed by atoms with Gasteiger partial charge in [0.2, 0.25) is 5.91 Å². The predicted molar refractivity (Wildman–Crippen MR) is 112 cm³/mol. The van der Waals surface area contributed by atoms with E-state index in [4.69, 9.17) is 9.47 Å². The van der Waals surface area contributed by atoms with E-state index < -0.39 is 47.6 Å². The van der Waals surface area contributed by atoms with Gasteiger partial charge >= 0.3 is 18.1 Å². The number of carbonyl (C=O) groups is 3. The standard InChI is InChI=1S/C23H29F3N2O5/c1-14(2)17(19(29)32-3)27-20(30)22(10-11-22)18-16(33-13-15-7-5-4-6-8-15)9-12-28(18)21(31)23(24,25)26/h4-8,14,16-18H,9-13H2,1-3H3,(H,27,30)/t16-,17-,18-/m0/s1. The Kier molecular flexibility index (Phi) is 7.36. The van der Waals surface area contributed by atoms with Gasteiger partial charge in [0.25, 0.3) is 0 Å². The predicted octanol–water partition coefficient (Wildman–Crippen LogP) is 2.83. The van der Waals surface area contributed by atoms with Crippen LogP contribution in [0.4, 0.5) is 13.2 Å². The molecular weight excluding hydrogens is 441 g/mol. The smallest absolute Gasteiger partial charge is 0.467 e. The highest BCUT2D eigenvalue weighted by molar-refractivity contribution is 5.92. The lowest BCUT2D eigenvalue weighted by Crippen LogP contribution is -2.57. The van der Waals surface area contributed by atoms with Gasteiger partial charge in [0.15, 0.2) is 0 Å². The summed E-state index contributed by atoms with van der Waals surface area (Å²) in [6.45, 7) is 3.43. The molecule has 2 aliphatic rings. The Balaban J connectivity index is 1.85. The molecule has 0 spiro atoms. The Labute approximate surface area is 190 Å². The van der Waals surface area contributed by atoms with Crippen molar-refractivity contribution in [2.45, 2.75) is 64.1 Å². The number of nitrogens with zero attached hydrogens (tertiary/aromatic N) is 1. The van der Waals surface area contributed by atoms with Crippen molar-refractivity contribution in [3.05, 3.63) is 35.9 Å². The molecule has 1 heterocycles. The Morgan fingerprint density at radius 2 is 1.82 bits per heavy atom. The van der Waals surface area contributed by atoms with E-state index in [0.717, 1.165) is 10.5 Å². The molecule has 1 N–H and O–H groups in total. The second kappa shape index (κ2) is 9.70. The van der Waals surface area contributed by atoms with Crippen LogP contribution in [-0.4, -0.2) is 60.7 Å². The maximum absolute atomic E-state index is 13.3. The van der Waals surface area contributed by atoms with Crippen LogP contribution in [0.1, 0.15) is 38.7 Å². The second-order valence-electron chi connectivity index (χ2n) is 8.94. The minimum atomic E-state index is -5.06. The van der Waals surface area contributed by atoms with Crippen LogP contribution in [0.2, 0.25) is 0 Å². The van der Waals surface area contributed by atoms with Crippen LogP contribution in [0, 0.1) is 11.3 Å². The topological polar surface area (TPSA) is 84.9 Å². The number of halogens is 3. The highest BCUT2D eigenvalue weighted by atomic mass is 19.4. The van der Waals surface area contributed by atoms with Crippen molar-refractivity contribution in [1.29, 1.82) is 0 Å². The monoisotopic (exact) mass is 470 g/mol. The molecule has 3 atom stereocenters. The molecule has 7 nitrogen and oxygen atoms in total. The van der Waals surface area contributed by atoms with E-state index in [9.17, 15) is 27.6 Å². The molecule has 10 heteroatoms. The van der Waals surface area contributed by atoms with Crippen LogP contribution in [0.3, 0.4) is 0 Å². The third-order valence-corrected chi connectivity index (χ3v) is 6.37. The van der Waals surface area contributed by atoms with Crippen molar-refractivity contribution in [3.63, 3.8) is 0 Å². The van der Waals surface area contributed by atoms with Crippen molar-refractivity contribution >= 4 is 17.8 Å². The summed E-state index contributed by atoms with van der Waals surface area (Å²) in [4.78, 5) is 38.3. The first-order valence-corrected chi connectivity index (χ1v) is 10.9. The van der Waals surface area contributed by atoms with Crippen LogP contribution in [-0.2, 0) is 30.5 Å². The second-order valence-corrected chi connectivity index (χ2v) is 8.94. The van der Waals surface area contributed by atoms with Crippen LogP contribution in [0.25, 0.3) is 0 Å². The van der Waals surface area contributed by atoms with E-state index in [1.807, 2.05) is 30.3 Å². The lowest BCUT2D eigenvalue weighted by Gasteiger charge is -2.35. The van der Waals surface area contributed by atoms with Crippen molar-refractivity contribution < 1.29 is 37.0 Å². The number of hydrogen-bond acceptors (Lipinski definition) is 5. The molecule has 1 aromatic carbocycles. The van der Waals surface area contributed by atoms with Crippen LogP contribution in [0.5, 0.6) is 0 Å². The maximum atomic E-state index is 13.3. The van der Waals surface area contributed by atoms with Crippen molar-refractivity contribution in [2.24, 2.45) is 11.3 Å². The molecule has 2 fully saturated rings. The molecule has 1 aliphatic carbocycles. The lowest BCUT2D eigenvalue weighted by molar-refractivity contribution is -0.189. The first-order valence-electron chi connectivity index (χ1n) is 10.9. The Hall–Kier alpha value is -2.62. The first-order chi connectivity index (χ1) is 15.5. The van der Waals surface area contributed by atoms with Gasteiger partial charge in [0.1, 0.15) is 6.04 Å². The Morgan fingerprint density at radius 3 is 2.33 bits per heavy atom. The van der Waals surface area contributed by atoms with Gasteiger partial charge in [0, 0.05) is 6.54 Å². The minimum absolute atomic E-state index is 0.143. The molecule has 2 amide bonds. The van der Waals surface area contributed by atoms with E-state index in [-0.39, 0.29) is 25.5 Å². The summed E-state index contributed by atoms with van der Waals surface area (Å²) in [5.74, 6) is -3.47. The zero-order chi connectivity index (χ0) is 24.4. The number of carbonyl (C=O) groups excluding carboxylic acids is 3. The SMILES string of the molecule is COC(=O)[C@@H](NC(=O)C1([C@@H]2[C@@H](OCc3ccccc3)CCN2C(=O)C(F)(F)F)CC1)C(C)C. The Bertz CT molecular complexity index is 871. The molecule has 0 aromatic heterocycles. The van der Waals surface area contributed by atoms with Gasteiger partial charge in [0.05, 0.1) is 31.3 Å². The van der Waals surface area contributed by atoms with Crippen molar-refractivity contribution in [3.8, 4) is 0 Å². The summed E-state index contributed by atoms with van der Waals surface area (Å²) < 4.78 is 50.7. The molecule has 0 unspecified atom stereocenters. The van der Waals surface area contributed by atoms with Crippen LogP contribution < -0.4 is 5.32 Å². The van der Waals surface area contributed by atoms with E-state index in [2.05, 4.69) is 5.32 Å². The van der Waals surface area contributed by atoms with E-state index in [1.165, 1.54) is 7.11 Å². The molecule has 0 bridgehead atoms. The van der Waals surface area contributed by atoms with Gasteiger partial charge < -0.3 is 19.7 Å². The number of hydrogen-bond donors (Lipinski definition) is 1. The molecule has 0 radical (unpaired) electrons. The van der Waals surface area contributed by atoms with Gasteiger partial charge in [-0.05, 0) is 30.7 Å². The summed E-state index contributed by atoms with van der Waals surface area (Å²) in [5.41, 5.74) is -0.420. The number of alkyl halides is 3. The number of amides is 2. The fourth-order valence-electron chi connectivity index (χ4n) is 4.46. The number of benzene rings is 1. The first kappa shape index (κ1) is 25.0. The molecular formula is C23H29F3N2O5. The fourth-order valence-corrected chi connectivity index (χ4v) is 4.46. The highest BCUT2D eigenvalue weighted by Gasteiger charge is 2.64. The fraction of sp³-hybridized carbons (Fsp3) is 0.609. The molecule has 1 saturated carbocycles. The van der Waals surface area contributed by atoms with Crippen molar-refractivity contribution in [1.82, 2.24) is 10.2 Å². The van der Waals surface area contributed by atoms with Gasteiger partial charge in [-0.2, -0.15) is 13.2 Å². The number of methoxy groups -OCH3 is 1. The number of esters is 1. The normalized spacial score (nSPS) is 22.7. The number of ether oxygens (including phenoxy) is 2. The summed E-state index contributed by atoms with van der Waals surface area (Å²) in [5, 5.41) is 2.65. The molecule has 1 aromatic rings. The highest BCUT2D eigenvalue weighted by Crippen LogP contribution is 2.55. The van der Waals surface area contributed by atoms with E-state index in [1.54, 1.807) is 13.8 Å². The third-order valence-electron chi connectivity index (χ3n) is 6.37. The summed E-state index contributed by atoms with van der Waals surface area (Å²) in [7, 11) is 1.20. The largest absolute Gasteiger partial charge is 0.471 e. The van der Waals surface area contributed by atoms with E-state index in [0.29, 0.717) is 12.8 Å². The molecule has 182 valence electrons. The zero-order valence-electron chi connectivity index (χ0n) is 18.9. The van der Waals surface area contributed by atoms with Crippen LogP contribution >= 0.6 is 0 Å². The van der Waals surface area contributed by atoms with E-state index >= 15 is 0 Å². The Morgan fingerprint density at radius 1 is 1.18 bits per heavy atom. The number of rotatable bonds is 8. The average molecular weight is 470 g/mol. The molecule has 33 heavy (non-hydrogen) atoms. The van der Waals surface area contributed by atoms with Gasteiger partial charge in [-0.25, -0.2) is 4.79 Å². The minimum Gasteiger partial charge on any atom is -0.467 e. The average Bonchev–Trinajstić information content (AvgIpc) is 3.47. The summed E-state index contributed by atoms with van der Waals surface area (Å²) in [6, 6.07) is 7.09. The maximum Gasteiger partial charge on any atom is 0.471 e. The summed E-state index contributed by atoms with van der Waals surface area (Å²) >= 11 is 0. The third kappa shape index (κ3) is 5.31. The van der Waals surface area contributed by atoms with Crippen LogP contribution in [0.15, 0.2) is 30.3 Å².